The fourth-order valence-corrected chi connectivity index (χ4v) is 6.73. The first kappa shape index (κ1) is 37.7. The van der Waals surface area contributed by atoms with Crippen LogP contribution in [0.1, 0.15) is 36.1 Å². The van der Waals surface area contributed by atoms with E-state index in [2.05, 4.69) is 74.7 Å². The molecule has 4 aromatic rings. The molecule has 276 valence electrons. The van der Waals surface area contributed by atoms with Gasteiger partial charge in [0.05, 0.1) is 43.1 Å². The Morgan fingerprint density at radius 2 is 1.81 bits per heavy atom. The molecule has 2 aromatic heterocycles. The summed E-state index contributed by atoms with van der Waals surface area (Å²) < 4.78 is 18.5. The van der Waals surface area contributed by atoms with Crippen molar-refractivity contribution < 1.29 is 24.4 Å². The minimum absolute atomic E-state index is 0.131. The van der Waals surface area contributed by atoms with Gasteiger partial charge in [0, 0.05) is 60.7 Å². The van der Waals surface area contributed by atoms with Gasteiger partial charge in [-0.25, -0.2) is 9.97 Å². The SMILES string of the molecule is CC1(C)C(c2ccccc2)=CC=CC1(COc1cc(OCc2cncc(C#N)c2)c(CNC(CO)CO)cc1Cl)Nc1cc(N2CCOCC2)ncn1. The van der Waals surface area contributed by atoms with Gasteiger partial charge in [0.2, 0.25) is 0 Å². The van der Waals surface area contributed by atoms with Crippen LogP contribution >= 0.6 is 11.6 Å². The Hall–Kier alpha value is -5.03. The lowest BCUT2D eigenvalue weighted by molar-refractivity contribution is 0.122. The normalized spacial score (nSPS) is 18.0. The average molecular weight is 738 g/mol. The minimum Gasteiger partial charge on any atom is -0.489 e. The summed E-state index contributed by atoms with van der Waals surface area (Å²) in [7, 11) is 0. The van der Waals surface area contributed by atoms with Gasteiger partial charge >= 0.3 is 0 Å². The lowest BCUT2D eigenvalue weighted by Crippen LogP contribution is -2.55. The highest BCUT2D eigenvalue weighted by atomic mass is 35.5. The summed E-state index contributed by atoms with van der Waals surface area (Å²) in [5.74, 6) is 2.33. The Morgan fingerprint density at radius 1 is 1.02 bits per heavy atom. The summed E-state index contributed by atoms with van der Waals surface area (Å²) in [4.78, 5) is 15.5. The van der Waals surface area contributed by atoms with Gasteiger partial charge in [0.1, 0.15) is 54.3 Å². The molecule has 1 aliphatic heterocycles. The number of nitrogens with one attached hydrogen (secondary N) is 2. The van der Waals surface area contributed by atoms with Crippen LogP contribution in [-0.4, -0.2) is 82.9 Å². The highest BCUT2D eigenvalue weighted by molar-refractivity contribution is 6.32. The molecule has 3 heterocycles. The minimum atomic E-state index is -0.826. The van der Waals surface area contributed by atoms with Crippen LogP contribution < -0.4 is 25.0 Å². The predicted octanol–water partition coefficient (Wildman–Crippen LogP) is 5.16. The molecule has 1 fully saturated rings. The molecule has 13 heteroatoms. The molecule has 1 saturated heterocycles. The second kappa shape index (κ2) is 17.2. The maximum absolute atomic E-state index is 9.65. The van der Waals surface area contributed by atoms with Crippen molar-refractivity contribution in [2.75, 3.05) is 56.3 Å². The number of ether oxygens (including phenoxy) is 3. The first-order valence-corrected chi connectivity index (χ1v) is 17.9. The molecule has 1 atom stereocenters. The number of pyridine rings is 1. The molecular weight excluding hydrogens is 694 g/mol. The Kier molecular flexibility index (Phi) is 12.2. The number of benzene rings is 2. The van der Waals surface area contributed by atoms with E-state index in [4.69, 9.17) is 25.8 Å². The van der Waals surface area contributed by atoms with Crippen molar-refractivity contribution in [3.63, 3.8) is 0 Å². The maximum Gasteiger partial charge on any atom is 0.141 e. The summed E-state index contributed by atoms with van der Waals surface area (Å²) in [6.07, 6.45) is 11.0. The molecule has 0 spiro atoms. The molecule has 4 N–H and O–H groups in total. The van der Waals surface area contributed by atoms with E-state index >= 15 is 0 Å². The third-order valence-corrected chi connectivity index (χ3v) is 10.1. The van der Waals surface area contributed by atoms with E-state index in [0.29, 0.717) is 52.2 Å². The largest absolute Gasteiger partial charge is 0.489 e. The number of aliphatic hydroxyl groups excluding tert-OH is 2. The third-order valence-electron chi connectivity index (χ3n) is 9.77. The van der Waals surface area contributed by atoms with Crippen molar-refractivity contribution in [1.82, 2.24) is 20.3 Å². The van der Waals surface area contributed by atoms with E-state index < -0.39 is 17.0 Å². The first-order chi connectivity index (χ1) is 25.7. The number of morpholine rings is 1. The van der Waals surface area contributed by atoms with Gasteiger partial charge < -0.3 is 40.0 Å². The summed E-state index contributed by atoms with van der Waals surface area (Å²) in [6, 6.07) is 19.0. The van der Waals surface area contributed by atoms with E-state index in [9.17, 15) is 15.5 Å². The van der Waals surface area contributed by atoms with Crippen molar-refractivity contribution in [3.8, 4) is 17.6 Å². The zero-order valence-corrected chi connectivity index (χ0v) is 30.6. The molecule has 0 amide bonds. The van der Waals surface area contributed by atoms with Gasteiger partial charge in [-0.1, -0.05) is 74.0 Å². The van der Waals surface area contributed by atoms with E-state index in [1.165, 1.54) is 6.20 Å². The zero-order chi connectivity index (χ0) is 37.3. The quantitative estimate of drug-likeness (QED) is 0.127. The summed E-state index contributed by atoms with van der Waals surface area (Å²) in [6.45, 7) is 7.18. The lowest BCUT2D eigenvalue weighted by Gasteiger charge is -2.48. The molecule has 0 bridgehead atoms. The smallest absolute Gasteiger partial charge is 0.141 e. The number of aromatic nitrogens is 3. The lowest BCUT2D eigenvalue weighted by atomic mass is 9.63. The molecule has 12 nitrogen and oxygen atoms in total. The number of anilines is 2. The number of hydrogen-bond donors (Lipinski definition) is 4. The molecule has 2 aliphatic rings. The van der Waals surface area contributed by atoms with Crippen LogP contribution in [0.4, 0.5) is 11.6 Å². The summed E-state index contributed by atoms with van der Waals surface area (Å²) in [5.41, 5.74) is 2.67. The molecule has 1 unspecified atom stereocenters. The number of nitriles is 1. The zero-order valence-electron chi connectivity index (χ0n) is 29.8. The summed E-state index contributed by atoms with van der Waals surface area (Å²) in [5, 5.41) is 35.9. The van der Waals surface area contributed by atoms with Gasteiger partial charge in [0.25, 0.3) is 0 Å². The molecule has 2 aromatic carbocycles. The van der Waals surface area contributed by atoms with Crippen LogP contribution in [0.3, 0.4) is 0 Å². The highest BCUT2D eigenvalue weighted by Gasteiger charge is 2.48. The van der Waals surface area contributed by atoms with Crippen molar-refractivity contribution >= 4 is 28.8 Å². The van der Waals surface area contributed by atoms with Crippen LogP contribution in [0.5, 0.6) is 11.5 Å². The number of halogens is 1. The number of hydrogen-bond acceptors (Lipinski definition) is 12. The Morgan fingerprint density at radius 3 is 2.57 bits per heavy atom. The van der Waals surface area contributed by atoms with Crippen LogP contribution in [0.15, 0.2) is 91.5 Å². The van der Waals surface area contributed by atoms with Crippen molar-refractivity contribution in [2.24, 2.45) is 5.41 Å². The van der Waals surface area contributed by atoms with Crippen molar-refractivity contribution in [3.05, 3.63) is 119 Å². The number of allylic oxidation sites excluding steroid dienone is 2. The van der Waals surface area contributed by atoms with Crippen LogP contribution in [-0.2, 0) is 17.9 Å². The van der Waals surface area contributed by atoms with Crippen LogP contribution in [0, 0.1) is 16.7 Å². The van der Waals surface area contributed by atoms with Gasteiger partial charge in [0.15, 0.2) is 0 Å². The van der Waals surface area contributed by atoms with Crippen molar-refractivity contribution in [2.45, 2.75) is 38.6 Å². The molecular formula is C40H44ClN7O5. The van der Waals surface area contributed by atoms with Gasteiger partial charge in [-0.3, -0.25) is 4.98 Å². The van der Waals surface area contributed by atoms with Crippen molar-refractivity contribution in [1.29, 1.82) is 5.26 Å². The number of rotatable bonds is 15. The second-order valence-corrected chi connectivity index (χ2v) is 13.9. The van der Waals surface area contributed by atoms with Gasteiger partial charge in [-0.2, -0.15) is 5.26 Å². The average Bonchev–Trinajstić information content (AvgIpc) is 3.19. The highest BCUT2D eigenvalue weighted by Crippen LogP contribution is 2.49. The predicted molar refractivity (Wildman–Crippen MR) is 204 cm³/mol. The number of aliphatic hydroxyl groups is 2. The molecule has 6 rings (SSSR count). The standard InChI is InChI=1S/C40H44ClN7O5/c1-39(2)33(30-7-4-3-5-8-30)9-6-10-40(39,47-37-18-38(46-27-45-37)48-11-13-51-14-12-48)26-53-36-17-35(52-25-29-15-28(19-42)20-43-21-29)31(16-34(36)41)22-44-32(23-49)24-50/h3-10,15-18,20-21,27,32,44,49-50H,11-14,22-26H2,1-2H3,(H,45,46,47). The van der Waals surface area contributed by atoms with E-state index in [1.807, 2.05) is 30.3 Å². The third kappa shape index (κ3) is 8.79. The Labute approximate surface area is 314 Å². The van der Waals surface area contributed by atoms with E-state index in [0.717, 1.165) is 30.0 Å². The van der Waals surface area contributed by atoms with Gasteiger partial charge in [-0.05, 0) is 23.3 Å². The Bertz CT molecular complexity index is 1960. The molecule has 53 heavy (non-hydrogen) atoms. The maximum atomic E-state index is 9.65. The Balaban J connectivity index is 1.33. The van der Waals surface area contributed by atoms with Crippen LogP contribution in [0.2, 0.25) is 5.02 Å². The summed E-state index contributed by atoms with van der Waals surface area (Å²) >= 11 is 6.93. The van der Waals surface area contributed by atoms with E-state index in [1.54, 1.807) is 30.7 Å². The fraction of sp³-hybridized carbons (Fsp3) is 0.350. The van der Waals surface area contributed by atoms with Gasteiger partial charge in [-0.15, -0.1) is 0 Å². The fourth-order valence-electron chi connectivity index (χ4n) is 6.49. The monoisotopic (exact) mass is 737 g/mol. The second-order valence-electron chi connectivity index (χ2n) is 13.5. The number of nitrogens with zero attached hydrogens (tertiary/aromatic N) is 5. The molecule has 0 radical (unpaired) electrons. The topological polar surface area (TPSA) is 158 Å². The van der Waals surface area contributed by atoms with E-state index in [-0.39, 0.29) is 33.0 Å². The first-order valence-electron chi connectivity index (χ1n) is 17.5. The molecule has 1 aliphatic carbocycles. The molecule has 0 saturated carbocycles. The van der Waals surface area contributed by atoms with Crippen LogP contribution in [0.25, 0.3) is 5.57 Å².